The van der Waals surface area contributed by atoms with Gasteiger partial charge < -0.3 is 9.73 Å². The molecule has 112 valence electrons. The number of hydrogen-bond donors (Lipinski definition) is 1. The summed E-state index contributed by atoms with van der Waals surface area (Å²) in [4.78, 5) is 12.1. The van der Waals surface area contributed by atoms with Crippen LogP contribution < -0.4 is 5.32 Å². The first kappa shape index (κ1) is 14.1. The Balaban J connectivity index is 1.70. The molecule has 1 amide bonds. The minimum Gasteiger partial charge on any atom is -0.464 e. The highest BCUT2D eigenvalue weighted by Gasteiger charge is 2.29. The van der Waals surface area contributed by atoms with Gasteiger partial charge in [-0.3, -0.25) is 4.79 Å². The number of aryl methyl sites for hydroxylation is 1. The lowest BCUT2D eigenvalue weighted by Gasteiger charge is -2.10. The zero-order chi connectivity index (χ0) is 15.0. The molecule has 1 aromatic carbocycles. The van der Waals surface area contributed by atoms with Crippen LogP contribution in [0.15, 0.2) is 28.9 Å². The van der Waals surface area contributed by atoms with Crippen molar-refractivity contribution >= 4 is 26.7 Å². The van der Waals surface area contributed by atoms with E-state index in [1.54, 1.807) is 6.26 Å². The van der Waals surface area contributed by atoms with Crippen LogP contribution in [0.5, 0.6) is 0 Å². The SMILES string of the molecule is Cc1ccc2occ(CC(=O)NC3CCS(=O)(=O)C3)c2c1. The first-order valence-electron chi connectivity index (χ1n) is 6.89. The molecule has 2 aromatic rings. The number of sulfone groups is 1. The maximum Gasteiger partial charge on any atom is 0.224 e. The molecule has 5 nitrogen and oxygen atoms in total. The fourth-order valence-corrected chi connectivity index (χ4v) is 4.37. The molecule has 1 fully saturated rings. The van der Waals surface area contributed by atoms with E-state index in [9.17, 15) is 13.2 Å². The minimum atomic E-state index is -2.98. The van der Waals surface area contributed by atoms with Gasteiger partial charge in [-0.2, -0.15) is 0 Å². The predicted octanol–water partition coefficient (Wildman–Crippen LogP) is 1.59. The van der Waals surface area contributed by atoms with Gasteiger partial charge >= 0.3 is 0 Å². The summed E-state index contributed by atoms with van der Waals surface area (Å²) in [5.74, 6) is 0.0387. The second-order valence-corrected chi connectivity index (χ2v) is 7.83. The molecule has 6 heteroatoms. The topological polar surface area (TPSA) is 76.4 Å². The smallest absolute Gasteiger partial charge is 0.224 e. The number of carbonyl (C=O) groups is 1. The van der Waals surface area contributed by atoms with Crippen LogP contribution >= 0.6 is 0 Å². The average molecular weight is 307 g/mol. The van der Waals surface area contributed by atoms with E-state index >= 15 is 0 Å². The molecule has 1 aromatic heterocycles. The largest absolute Gasteiger partial charge is 0.464 e. The van der Waals surface area contributed by atoms with Crippen molar-refractivity contribution < 1.29 is 17.6 Å². The predicted molar refractivity (Wildman–Crippen MR) is 79.9 cm³/mol. The molecule has 1 aliphatic rings. The molecule has 0 saturated carbocycles. The van der Waals surface area contributed by atoms with Crippen LogP contribution in [0, 0.1) is 6.92 Å². The van der Waals surface area contributed by atoms with E-state index in [1.165, 1.54) is 0 Å². The van der Waals surface area contributed by atoms with Gasteiger partial charge in [0.2, 0.25) is 5.91 Å². The van der Waals surface area contributed by atoms with E-state index in [4.69, 9.17) is 4.42 Å². The Morgan fingerprint density at radius 3 is 2.95 bits per heavy atom. The van der Waals surface area contributed by atoms with Crippen LogP contribution in [-0.4, -0.2) is 31.9 Å². The molecule has 1 N–H and O–H groups in total. The number of furan rings is 1. The second-order valence-electron chi connectivity index (χ2n) is 5.60. The molecule has 1 aliphatic heterocycles. The molecule has 0 aliphatic carbocycles. The van der Waals surface area contributed by atoms with Crippen LogP contribution in [0.2, 0.25) is 0 Å². The summed E-state index contributed by atoms with van der Waals surface area (Å²) in [6.45, 7) is 1.99. The first-order chi connectivity index (χ1) is 9.93. The zero-order valence-electron chi connectivity index (χ0n) is 11.8. The van der Waals surface area contributed by atoms with Gasteiger partial charge in [-0.25, -0.2) is 8.42 Å². The van der Waals surface area contributed by atoms with E-state index in [0.29, 0.717) is 6.42 Å². The van der Waals surface area contributed by atoms with E-state index < -0.39 is 9.84 Å². The standard InChI is InChI=1S/C15H17NO4S/c1-10-2-3-14-13(6-10)11(8-20-14)7-15(17)16-12-4-5-21(18,19)9-12/h2-3,6,8,12H,4-5,7,9H2,1H3,(H,16,17). The summed E-state index contributed by atoms with van der Waals surface area (Å²) in [6, 6.07) is 5.57. The molecule has 1 atom stereocenters. The first-order valence-corrected chi connectivity index (χ1v) is 8.71. The van der Waals surface area contributed by atoms with Crippen LogP contribution in [0.4, 0.5) is 0 Å². The lowest BCUT2D eigenvalue weighted by Crippen LogP contribution is -2.36. The van der Waals surface area contributed by atoms with Gasteiger partial charge in [0.05, 0.1) is 24.2 Å². The van der Waals surface area contributed by atoms with E-state index in [1.807, 2.05) is 25.1 Å². The highest BCUT2D eigenvalue weighted by atomic mass is 32.2. The number of rotatable bonds is 3. The van der Waals surface area contributed by atoms with E-state index in [2.05, 4.69) is 5.32 Å². The second kappa shape index (κ2) is 5.18. The fourth-order valence-electron chi connectivity index (χ4n) is 2.69. The van der Waals surface area contributed by atoms with E-state index in [0.717, 1.165) is 22.1 Å². The highest BCUT2D eigenvalue weighted by Crippen LogP contribution is 2.23. The molecule has 21 heavy (non-hydrogen) atoms. The molecule has 2 heterocycles. The lowest BCUT2D eigenvalue weighted by molar-refractivity contribution is -0.120. The summed E-state index contributed by atoms with van der Waals surface area (Å²) in [6.07, 6.45) is 2.29. The molecule has 3 rings (SSSR count). The third-order valence-corrected chi connectivity index (χ3v) is 5.53. The zero-order valence-corrected chi connectivity index (χ0v) is 12.6. The summed E-state index contributed by atoms with van der Waals surface area (Å²) < 4.78 is 28.2. The third-order valence-electron chi connectivity index (χ3n) is 3.76. The molecular weight excluding hydrogens is 290 g/mol. The lowest BCUT2D eigenvalue weighted by atomic mass is 10.1. The summed E-state index contributed by atoms with van der Waals surface area (Å²) >= 11 is 0. The Bertz CT molecular complexity index is 791. The summed E-state index contributed by atoms with van der Waals surface area (Å²) in [5.41, 5.74) is 2.69. The fraction of sp³-hybridized carbons (Fsp3) is 0.400. The van der Waals surface area contributed by atoms with Crippen LogP contribution in [0.3, 0.4) is 0 Å². The molecule has 1 saturated heterocycles. The number of nitrogens with one attached hydrogen (secondary N) is 1. The minimum absolute atomic E-state index is 0.0456. The van der Waals surface area contributed by atoms with Crippen molar-refractivity contribution in [3.8, 4) is 0 Å². The summed E-state index contributed by atoms with van der Waals surface area (Å²) in [5, 5.41) is 3.73. The number of fused-ring (bicyclic) bond motifs is 1. The van der Waals surface area contributed by atoms with Gasteiger partial charge in [-0.1, -0.05) is 11.6 Å². The maximum absolute atomic E-state index is 12.1. The number of carbonyl (C=O) groups excluding carboxylic acids is 1. The van der Waals surface area contributed by atoms with Crippen molar-refractivity contribution in [3.05, 3.63) is 35.6 Å². The molecule has 0 radical (unpaired) electrons. The molecular formula is C15H17NO4S. The molecule has 0 bridgehead atoms. The van der Waals surface area contributed by atoms with Gasteiger partial charge in [0.15, 0.2) is 9.84 Å². The van der Waals surface area contributed by atoms with Crippen molar-refractivity contribution in [1.82, 2.24) is 5.32 Å². The van der Waals surface area contributed by atoms with Gasteiger partial charge in [-0.05, 0) is 25.5 Å². The van der Waals surface area contributed by atoms with E-state index in [-0.39, 0.29) is 29.9 Å². The van der Waals surface area contributed by atoms with Gasteiger partial charge in [0.25, 0.3) is 0 Å². The van der Waals surface area contributed by atoms with Gasteiger partial charge in [-0.15, -0.1) is 0 Å². The normalized spacial score (nSPS) is 20.7. The van der Waals surface area contributed by atoms with Crippen molar-refractivity contribution in [2.75, 3.05) is 11.5 Å². The van der Waals surface area contributed by atoms with Gasteiger partial charge in [0, 0.05) is 17.0 Å². The molecule has 1 unspecified atom stereocenters. The number of amides is 1. The molecule has 0 spiro atoms. The highest BCUT2D eigenvalue weighted by molar-refractivity contribution is 7.91. The average Bonchev–Trinajstić information content (AvgIpc) is 2.93. The van der Waals surface area contributed by atoms with Crippen LogP contribution in [-0.2, 0) is 21.1 Å². The maximum atomic E-state index is 12.1. The van der Waals surface area contributed by atoms with Crippen molar-refractivity contribution in [1.29, 1.82) is 0 Å². The van der Waals surface area contributed by atoms with Crippen molar-refractivity contribution in [2.45, 2.75) is 25.8 Å². The quantitative estimate of drug-likeness (QED) is 0.934. The Morgan fingerprint density at radius 1 is 1.43 bits per heavy atom. The van der Waals surface area contributed by atoms with Gasteiger partial charge in [0.1, 0.15) is 5.58 Å². The van der Waals surface area contributed by atoms with Crippen molar-refractivity contribution in [3.63, 3.8) is 0 Å². The third kappa shape index (κ3) is 3.10. The van der Waals surface area contributed by atoms with Crippen LogP contribution in [0.25, 0.3) is 11.0 Å². The Labute approximate surface area is 123 Å². The monoisotopic (exact) mass is 307 g/mol. The Kier molecular flexibility index (Phi) is 3.49. The van der Waals surface area contributed by atoms with Crippen LogP contribution in [0.1, 0.15) is 17.5 Å². The Hall–Kier alpha value is -1.82. The number of benzene rings is 1. The summed E-state index contributed by atoms with van der Waals surface area (Å²) in [7, 11) is -2.98. The number of hydrogen-bond acceptors (Lipinski definition) is 4. The Morgan fingerprint density at radius 2 is 2.24 bits per heavy atom. The van der Waals surface area contributed by atoms with Crippen molar-refractivity contribution in [2.24, 2.45) is 0 Å².